The fourth-order valence-corrected chi connectivity index (χ4v) is 3.63. The van der Waals surface area contributed by atoms with Crippen LogP contribution < -0.4 is 14.8 Å². The molecule has 1 saturated heterocycles. The number of carbonyl (C=O) groups excluding carboxylic acids is 2. The number of ether oxygens (including phenoxy) is 2. The third-order valence-corrected chi connectivity index (χ3v) is 5.57. The molecule has 7 heteroatoms. The minimum Gasteiger partial charge on any atom is -0.495 e. The van der Waals surface area contributed by atoms with E-state index in [2.05, 4.69) is 17.3 Å². The third kappa shape index (κ3) is 6.72. The molecule has 0 unspecified atom stereocenters. The van der Waals surface area contributed by atoms with E-state index in [1.165, 1.54) is 0 Å². The van der Waals surface area contributed by atoms with Gasteiger partial charge >= 0.3 is 0 Å². The Morgan fingerprint density at radius 1 is 1.03 bits per heavy atom. The van der Waals surface area contributed by atoms with E-state index in [9.17, 15) is 9.59 Å². The number of anilines is 1. The smallest absolute Gasteiger partial charge is 0.254 e. The van der Waals surface area contributed by atoms with Gasteiger partial charge in [0.1, 0.15) is 11.5 Å². The van der Waals surface area contributed by atoms with E-state index in [-0.39, 0.29) is 11.8 Å². The van der Waals surface area contributed by atoms with Crippen LogP contribution in [0.15, 0.2) is 42.5 Å². The number of piperazine rings is 1. The number of amides is 2. The first-order valence-corrected chi connectivity index (χ1v) is 11.1. The topological polar surface area (TPSA) is 71.1 Å². The highest BCUT2D eigenvalue weighted by Gasteiger charge is 2.21. The molecule has 1 heterocycles. The number of rotatable bonds is 9. The van der Waals surface area contributed by atoms with Crippen molar-refractivity contribution in [3.05, 3.63) is 53.6 Å². The van der Waals surface area contributed by atoms with E-state index in [1.54, 1.807) is 25.3 Å². The zero-order chi connectivity index (χ0) is 22.9. The van der Waals surface area contributed by atoms with Crippen LogP contribution in [0.5, 0.6) is 11.5 Å². The summed E-state index contributed by atoms with van der Waals surface area (Å²) < 4.78 is 11.1. The fraction of sp³-hybridized carbons (Fsp3) is 0.440. The number of unbranched alkanes of at least 4 members (excludes halogenated alkanes) is 1. The molecule has 1 aliphatic heterocycles. The Kier molecular flexibility index (Phi) is 8.50. The van der Waals surface area contributed by atoms with Gasteiger partial charge in [0.25, 0.3) is 5.91 Å². The number of hydrogen-bond donors (Lipinski definition) is 1. The van der Waals surface area contributed by atoms with Crippen LogP contribution in [0.2, 0.25) is 0 Å². The third-order valence-electron chi connectivity index (χ3n) is 5.57. The predicted molar refractivity (Wildman–Crippen MR) is 126 cm³/mol. The standard InChI is InChI=1S/C25H33N3O4/c1-19-7-6-8-21(17-19)32-16-5-4-9-24(29)26-22-18-20(10-11-23(22)31-3)25(30)28-14-12-27(2)13-15-28/h6-8,10-11,17-18H,4-5,9,12-16H2,1-3H3,(H,26,29). The summed E-state index contributed by atoms with van der Waals surface area (Å²) in [5.74, 6) is 1.25. The number of benzene rings is 2. The molecule has 172 valence electrons. The molecule has 2 amide bonds. The van der Waals surface area contributed by atoms with E-state index in [4.69, 9.17) is 9.47 Å². The van der Waals surface area contributed by atoms with Crippen LogP contribution in [0.3, 0.4) is 0 Å². The van der Waals surface area contributed by atoms with E-state index in [0.717, 1.165) is 30.8 Å². The van der Waals surface area contributed by atoms with Gasteiger partial charge in [-0.05, 0) is 62.7 Å². The van der Waals surface area contributed by atoms with Crippen molar-refractivity contribution in [3.8, 4) is 11.5 Å². The van der Waals surface area contributed by atoms with Crippen LogP contribution in [-0.2, 0) is 4.79 Å². The molecule has 0 bridgehead atoms. The number of aryl methyl sites for hydroxylation is 1. The summed E-state index contributed by atoms with van der Waals surface area (Å²) in [6, 6.07) is 13.1. The summed E-state index contributed by atoms with van der Waals surface area (Å²) in [6.45, 7) is 5.72. The Bertz CT molecular complexity index is 923. The lowest BCUT2D eigenvalue weighted by atomic mass is 10.1. The van der Waals surface area contributed by atoms with Crippen LogP contribution in [-0.4, -0.2) is 68.6 Å². The Balaban J connectivity index is 1.49. The van der Waals surface area contributed by atoms with Crippen LogP contribution in [0.25, 0.3) is 0 Å². The van der Waals surface area contributed by atoms with Crippen LogP contribution in [0.1, 0.15) is 35.2 Å². The maximum atomic E-state index is 12.9. The molecule has 0 atom stereocenters. The molecule has 0 spiro atoms. The van der Waals surface area contributed by atoms with Crippen molar-refractivity contribution in [1.29, 1.82) is 0 Å². The highest BCUT2D eigenvalue weighted by Crippen LogP contribution is 2.26. The number of likely N-dealkylation sites (N-methyl/N-ethyl adjacent to an activating group) is 1. The first kappa shape index (κ1) is 23.6. The molecule has 1 aliphatic rings. The highest BCUT2D eigenvalue weighted by molar-refractivity contribution is 5.98. The predicted octanol–water partition coefficient (Wildman–Crippen LogP) is 3.58. The molecule has 32 heavy (non-hydrogen) atoms. The summed E-state index contributed by atoms with van der Waals surface area (Å²) in [4.78, 5) is 29.4. The molecule has 1 fully saturated rings. The average molecular weight is 440 g/mol. The minimum absolute atomic E-state index is 0.0236. The van der Waals surface area contributed by atoms with Crippen molar-refractivity contribution in [2.45, 2.75) is 26.2 Å². The van der Waals surface area contributed by atoms with Crippen LogP contribution >= 0.6 is 0 Å². The SMILES string of the molecule is COc1ccc(C(=O)N2CCN(C)CC2)cc1NC(=O)CCCCOc1cccc(C)c1. The number of methoxy groups -OCH3 is 1. The van der Waals surface area contributed by atoms with Gasteiger partial charge in [0.2, 0.25) is 5.91 Å². The Morgan fingerprint density at radius 2 is 1.81 bits per heavy atom. The van der Waals surface area contributed by atoms with Gasteiger partial charge in [-0.3, -0.25) is 9.59 Å². The van der Waals surface area contributed by atoms with Gasteiger partial charge < -0.3 is 24.6 Å². The van der Waals surface area contributed by atoms with Gasteiger partial charge in [-0.1, -0.05) is 12.1 Å². The summed E-state index contributed by atoms with van der Waals surface area (Å²) in [6.07, 6.45) is 1.86. The second kappa shape index (κ2) is 11.5. The summed E-state index contributed by atoms with van der Waals surface area (Å²) in [5, 5.41) is 2.90. The summed E-state index contributed by atoms with van der Waals surface area (Å²) in [7, 11) is 3.60. The molecule has 0 aliphatic carbocycles. The van der Waals surface area contributed by atoms with Crippen molar-refractivity contribution in [2.24, 2.45) is 0 Å². The lowest BCUT2D eigenvalue weighted by molar-refractivity contribution is -0.116. The molecule has 2 aromatic rings. The van der Waals surface area contributed by atoms with E-state index in [0.29, 0.717) is 49.5 Å². The molecule has 2 aromatic carbocycles. The van der Waals surface area contributed by atoms with Crippen molar-refractivity contribution < 1.29 is 19.1 Å². The van der Waals surface area contributed by atoms with E-state index < -0.39 is 0 Å². The number of nitrogens with one attached hydrogen (secondary N) is 1. The van der Waals surface area contributed by atoms with Gasteiger partial charge in [-0.2, -0.15) is 0 Å². The molecule has 7 nitrogen and oxygen atoms in total. The van der Waals surface area contributed by atoms with Gasteiger partial charge in [0.15, 0.2) is 0 Å². The highest BCUT2D eigenvalue weighted by atomic mass is 16.5. The fourth-order valence-electron chi connectivity index (χ4n) is 3.63. The zero-order valence-corrected chi connectivity index (χ0v) is 19.2. The monoisotopic (exact) mass is 439 g/mol. The van der Waals surface area contributed by atoms with E-state index >= 15 is 0 Å². The molecule has 0 saturated carbocycles. The number of carbonyl (C=O) groups is 2. The van der Waals surface area contributed by atoms with Crippen molar-refractivity contribution in [2.75, 3.05) is 52.3 Å². The largest absolute Gasteiger partial charge is 0.495 e. The quantitative estimate of drug-likeness (QED) is 0.605. The maximum absolute atomic E-state index is 12.9. The molecule has 3 rings (SSSR count). The molecule has 0 aromatic heterocycles. The Labute approximate surface area is 190 Å². The van der Waals surface area contributed by atoms with Crippen molar-refractivity contribution in [1.82, 2.24) is 9.80 Å². The van der Waals surface area contributed by atoms with E-state index in [1.807, 2.05) is 36.1 Å². The maximum Gasteiger partial charge on any atom is 0.254 e. The number of hydrogen-bond acceptors (Lipinski definition) is 5. The van der Waals surface area contributed by atoms with Gasteiger partial charge in [0.05, 0.1) is 19.4 Å². The normalized spacial score (nSPS) is 14.2. The van der Waals surface area contributed by atoms with Gasteiger partial charge in [0, 0.05) is 38.2 Å². The Morgan fingerprint density at radius 3 is 2.53 bits per heavy atom. The zero-order valence-electron chi connectivity index (χ0n) is 19.2. The summed E-state index contributed by atoms with van der Waals surface area (Å²) >= 11 is 0. The molecule has 1 N–H and O–H groups in total. The van der Waals surface area contributed by atoms with Crippen LogP contribution in [0.4, 0.5) is 5.69 Å². The first-order valence-electron chi connectivity index (χ1n) is 11.1. The van der Waals surface area contributed by atoms with Gasteiger partial charge in [-0.15, -0.1) is 0 Å². The second-order valence-corrected chi connectivity index (χ2v) is 8.18. The van der Waals surface area contributed by atoms with Crippen molar-refractivity contribution >= 4 is 17.5 Å². The van der Waals surface area contributed by atoms with Gasteiger partial charge in [-0.25, -0.2) is 0 Å². The summed E-state index contributed by atoms with van der Waals surface area (Å²) in [5.41, 5.74) is 2.23. The minimum atomic E-state index is -0.108. The second-order valence-electron chi connectivity index (χ2n) is 8.18. The Hall–Kier alpha value is -3.06. The molecular weight excluding hydrogens is 406 g/mol. The van der Waals surface area contributed by atoms with Crippen molar-refractivity contribution in [3.63, 3.8) is 0 Å². The molecular formula is C25H33N3O4. The lowest BCUT2D eigenvalue weighted by Gasteiger charge is -2.32. The molecule has 0 radical (unpaired) electrons. The van der Waals surface area contributed by atoms with Crippen LogP contribution in [0, 0.1) is 6.92 Å². The first-order chi connectivity index (χ1) is 15.5. The average Bonchev–Trinajstić information content (AvgIpc) is 2.79. The lowest BCUT2D eigenvalue weighted by Crippen LogP contribution is -2.47. The number of nitrogens with zero attached hydrogens (tertiary/aromatic N) is 2.